The number of hydrogen-bond acceptors (Lipinski definition) is 2. The maximum Gasteiger partial charge on any atom is 0.291 e. The summed E-state index contributed by atoms with van der Waals surface area (Å²) in [5.74, 6) is -0.722. The molecule has 3 aromatic rings. The highest BCUT2D eigenvalue weighted by molar-refractivity contribution is 6.06. The van der Waals surface area contributed by atoms with Crippen LogP contribution in [0.3, 0.4) is 0 Å². The number of halogens is 1. The summed E-state index contributed by atoms with van der Waals surface area (Å²) in [5.41, 5.74) is 2.60. The minimum absolute atomic E-state index is 0.138. The second-order valence-corrected chi connectivity index (χ2v) is 4.99. The molecule has 106 valence electrons. The SMILES string of the molecule is Cc1ccc2c(C)c(C(=O)Nc3ccccc3F)oc2c1. The maximum absolute atomic E-state index is 13.6. The van der Waals surface area contributed by atoms with Gasteiger partial charge in [0.2, 0.25) is 0 Å². The van der Waals surface area contributed by atoms with Crippen LogP contribution in [0.1, 0.15) is 21.7 Å². The average Bonchev–Trinajstić information content (AvgIpc) is 2.78. The van der Waals surface area contributed by atoms with Crippen molar-refractivity contribution in [2.45, 2.75) is 13.8 Å². The molecule has 0 saturated heterocycles. The van der Waals surface area contributed by atoms with Gasteiger partial charge in [0.15, 0.2) is 5.76 Å². The first kappa shape index (κ1) is 13.4. The van der Waals surface area contributed by atoms with Gasteiger partial charge < -0.3 is 9.73 Å². The normalized spacial score (nSPS) is 10.8. The van der Waals surface area contributed by atoms with Gasteiger partial charge >= 0.3 is 0 Å². The summed E-state index contributed by atoms with van der Waals surface area (Å²) in [6, 6.07) is 11.8. The van der Waals surface area contributed by atoms with E-state index in [2.05, 4.69) is 5.32 Å². The van der Waals surface area contributed by atoms with Gasteiger partial charge in [-0.1, -0.05) is 24.3 Å². The predicted molar refractivity (Wildman–Crippen MR) is 80.0 cm³/mol. The number of carbonyl (C=O) groups excluding carboxylic acids is 1. The van der Waals surface area contributed by atoms with Gasteiger partial charge in [-0.15, -0.1) is 0 Å². The second kappa shape index (κ2) is 5.05. The molecule has 0 aliphatic heterocycles. The van der Waals surface area contributed by atoms with Crippen LogP contribution in [0, 0.1) is 19.7 Å². The molecule has 2 aromatic carbocycles. The van der Waals surface area contributed by atoms with E-state index in [4.69, 9.17) is 4.42 Å². The van der Waals surface area contributed by atoms with Crippen molar-refractivity contribution in [3.05, 3.63) is 65.2 Å². The van der Waals surface area contributed by atoms with Crippen LogP contribution in [0.15, 0.2) is 46.9 Å². The van der Waals surface area contributed by atoms with Gasteiger partial charge in [0.1, 0.15) is 11.4 Å². The molecule has 0 aliphatic carbocycles. The Labute approximate surface area is 121 Å². The highest BCUT2D eigenvalue weighted by atomic mass is 19.1. The first-order valence-corrected chi connectivity index (χ1v) is 6.62. The number of furan rings is 1. The van der Waals surface area contributed by atoms with Gasteiger partial charge in [-0.25, -0.2) is 4.39 Å². The van der Waals surface area contributed by atoms with E-state index >= 15 is 0 Å². The van der Waals surface area contributed by atoms with Crippen molar-refractivity contribution in [3.63, 3.8) is 0 Å². The van der Waals surface area contributed by atoms with Gasteiger partial charge in [0, 0.05) is 10.9 Å². The molecular formula is C17H14FNO2. The van der Waals surface area contributed by atoms with Crippen LogP contribution in [0.5, 0.6) is 0 Å². The standard InChI is InChI=1S/C17H14FNO2/c1-10-7-8-12-11(2)16(21-15(12)9-10)17(20)19-14-6-4-3-5-13(14)18/h3-9H,1-2H3,(H,19,20). The molecule has 0 fully saturated rings. The van der Waals surface area contributed by atoms with E-state index in [-0.39, 0.29) is 11.4 Å². The molecule has 4 heteroatoms. The summed E-state index contributed by atoms with van der Waals surface area (Å²) in [5, 5.41) is 3.42. The molecular weight excluding hydrogens is 269 g/mol. The Balaban J connectivity index is 1.98. The lowest BCUT2D eigenvalue weighted by atomic mass is 10.1. The summed E-state index contributed by atoms with van der Waals surface area (Å²) in [6.07, 6.45) is 0. The average molecular weight is 283 g/mol. The molecule has 0 spiro atoms. The Morgan fingerprint density at radius 2 is 1.90 bits per heavy atom. The lowest BCUT2D eigenvalue weighted by molar-refractivity contribution is 0.0997. The van der Waals surface area contributed by atoms with E-state index in [1.54, 1.807) is 12.1 Å². The van der Waals surface area contributed by atoms with E-state index in [0.717, 1.165) is 16.5 Å². The molecule has 1 aromatic heterocycles. The van der Waals surface area contributed by atoms with E-state index in [9.17, 15) is 9.18 Å². The minimum atomic E-state index is -0.476. The van der Waals surface area contributed by atoms with E-state index in [1.165, 1.54) is 12.1 Å². The van der Waals surface area contributed by atoms with Crippen LogP contribution in [-0.4, -0.2) is 5.91 Å². The van der Waals surface area contributed by atoms with Gasteiger partial charge in [0.05, 0.1) is 5.69 Å². The monoisotopic (exact) mass is 283 g/mol. The third kappa shape index (κ3) is 2.40. The number of benzene rings is 2. The quantitative estimate of drug-likeness (QED) is 0.755. The summed E-state index contributed by atoms with van der Waals surface area (Å²) in [4.78, 5) is 12.3. The molecule has 0 radical (unpaired) electrons. The second-order valence-electron chi connectivity index (χ2n) is 4.99. The number of rotatable bonds is 2. The first-order chi connectivity index (χ1) is 10.1. The van der Waals surface area contributed by atoms with Crippen LogP contribution in [0.25, 0.3) is 11.0 Å². The fourth-order valence-electron chi connectivity index (χ4n) is 2.29. The van der Waals surface area contributed by atoms with Crippen molar-refractivity contribution in [2.75, 3.05) is 5.32 Å². The van der Waals surface area contributed by atoms with Gasteiger partial charge in [-0.2, -0.15) is 0 Å². The highest BCUT2D eigenvalue weighted by Gasteiger charge is 2.18. The maximum atomic E-state index is 13.6. The molecule has 0 saturated carbocycles. The number of nitrogens with one attached hydrogen (secondary N) is 1. The van der Waals surface area contributed by atoms with E-state index < -0.39 is 11.7 Å². The Morgan fingerprint density at radius 3 is 2.67 bits per heavy atom. The molecule has 3 rings (SSSR count). The molecule has 1 heterocycles. The largest absolute Gasteiger partial charge is 0.451 e. The molecule has 3 nitrogen and oxygen atoms in total. The fraction of sp³-hybridized carbons (Fsp3) is 0.118. The summed E-state index contributed by atoms with van der Waals surface area (Å²) < 4.78 is 19.2. The predicted octanol–water partition coefficient (Wildman–Crippen LogP) is 4.44. The fourth-order valence-corrected chi connectivity index (χ4v) is 2.29. The summed E-state index contributed by atoms with van der Waals surface area (Å²) in [7, 11) is 0. The van der Waals surface area contributed by atoms with Crippen LogP contribution in [0.4, 0.5) is 10.1 Å². The lowest BCUT2D eigenvalue weighted by Crippen LogP contribution is -2.13. The number of aryl methyl sites for hydroxylation is 2. The van der Waals surface area contributed by atoms with Gasteiger partial charge in [-0.05, 0) is 37.6 Å². The third-order valence-corrected chi connectivity index (χ3v) is 3.42. The first-order valence-electron chi connectivity index (χ1n) is 6.62. The zero-order valence-corrected chi connectivity index (χ0v) is 11.7. The molecule has 1 amide bonds. The Morgan fingerprint density at radius 1 is 1.14 bits per heavy atom. The number of carbonyl (C=O) groups is 1. The number of para-hydroxylation sites is 1. The van der Waals surface area contributed by atoms with Crippen LogP contribution < -0.4 is 5.32 Å². The number of fused-ring (bicyclic) bond motifs is 1. The molecule has 0 aliphatic rings. The van der Waals surface area contributed by atoms with Crippen molar-refractivity contribution in [3.8, 4) is 0 Å². The van der Waals surface area contributed by atoms with E-state index in [1.807, 2.05) is 32.0 Å². The highest BCUT2D eigenvalue weighted by Crippen LogP contribution is 2.27. The minimum Gasteiger partial charge on any atom is -0.451 e. The Kier molecular flexibility index (Phi) is 3.22. The molecule has 0 unspecified atom stereocenters. The zero-order valence-electron chi connectivity index (χ0n) is 11.7. The smallest absolute Gasteiger partial charge is 0.291 e. The number of amides is 1. The molecule has 1 N–H and O–H groups in total. The van der Waals surface area contributed by atoms with Gasteiger partial charge in [-0.3, -0.25) is 4.79 Å². The molecule has 21 heavy (non-hydrogen) atoms. The number of anilines is 1. The Bertz CT molecular complexity index is 836. The van der Waals surface area contributed by atoms with Crippen molar-refractivity contribution < 1.29 is 13.6 Å². The van der Waals surface area contributed by atoms with Gasteiger partial charge in [0.25, 0.3) is 5.91 Å². The van der Waals surface area contributed by atoms with Crippen molar-refractivity contribution in [1.29, 1.82) is 0 Å². The zero-order chi connectivity index (χ0) is 15.0. The molecule has 0 bridgehead atoms. The topological polar surface area (TPSA) is 42.2 Å². The van der Waals surface area contributed by atoms with Crippen LogP contribution >= 0.6 is 0 Å². The molecule has 0 atom stereocenters. The van der Waals surface area contributed by atoms with Crippen molar-refractivity contribution in [1.82, 2.24) is 0 Å². The summed E-state index contributed by atoms with van der Waals surface area (Å²) in [6.45, 7) is 3.77. The third-order valence-electron chi connectivity index (χ3n) is 3.42. The van der Waals surface area contributed by atoms with Crippen LogP contribution in [-0.2, 0) is 0 Å². The van der Waals surface area contributed by atoms with Crippen LogP contribution in [0.2, 0.25) is 0 Å². The number of hydrogen-bond donors (Lipinski definition) is 1. The van der Waals surface area contributed by atoms with Crippen molar-refractivity contribution in [2.24, 2.45) is 0 Å². The van der Waals surface area contributed by atoms with E-state index in [0.29, 0.717) is 5.58 Å². The lowest BCUT2D eigenvalue weighted by Gasteiger charge is -2.04. The van der Waals surface area contributed by atoms with Crippen molar-refractivity contribution >= 4 is 22.6 Å². The summed E-state index contributed by atoms with van der Waals surface area (Å²) >= 11 is 0. The Hall–Kier alpha value is -2.62.